The Balaban J connectivity index is 0. The van der Waals surface area contributed by atoms with Crippen LogP contribution in [0, 0.1) is 6.92 Å². The zero-order chi connectivity index (χ0) is 20.0. The van der Waals surface area contributed by atoms with Crippen molar-refractivity contribution in [1.82, 2.24) is 9.97 Å². The summed E-state index contributed by atoms with van der Waals surface area (Å²) >= 11 is 0. The lowest BCUT2D eigenvalue weighted by Crippen LogP contribution is -2.41. The van der Waals surface area contributed by atoms with E-state index in [2.05, 4.69) is 56.6 Å². The summed E-state index contributed by atoms with van der Waals surface area (Å²) in [6.07, 6.45) is 6.76. The average molecular weight is 355 g/mol. The molecule has 0 saturated heterocycles. The molecule has 148 valence electrons. The molecule has 0 aliphatic rings. The van der Waals surface area contributed by atoms with Gasteiger partial charge in [0.25, 0.3) is 0 Å². The molecule has 0 aromatic carbocycles. The van der Waals surface area contributed by atoms with Gasteiger partial charge in [-0.2, -0.15) is 0 Å². The van der Waals surface area contributed by atoms with Crippen LogP contribution in [-0.2, 0) is 0 Å². The topological polar surface area (TPSA) is 52.5 Å². The minimum absolute atomic E-state index is 0.477. The summed E-state index contributed by atoms with van der Waals surface area (Å²) in [7, 11) is 5.12. The van der Waals surface area contributed by atoms with E-state index in [1.807, 2.05) is 27.0 Å². The minimum atomic E-state index is 0.477. The van der Waals surface area contributed by atoms with Crippen molar-refractivity contribution in [2.75, 3.05) is 31.0 Å². The van der Waals surface area contributed by atoms with Gasteiger partial charge in [0.2, 0.25) is 0 Å². The fourth-order valence-corrected chi connectivity index (χ4v) is 2.64. The molecule has 1 aromatic rings. The van der Waals surface area contributed by atoms with Crippen molar-refractivity contribution in [3.05, 3.63) is 12.0 Å². The quantitative estimate of drug-likeness (QED) is 0.735. The van der Waals surface area contributed by atoms with Gasteiger partial charge >= 0.3 is 0 Å². The molecule has 1 aromatic heterocycles. The Morgan fingerprint density at radius 2 is 1.64 bits per heavy atom. The number of anilines is 2. The van der Waals surface area contributed by atoms with Crippen molar-refractivity contribution in [3.63, 3.8) is 0 Å². The number of aliphatic hydroxyl groups excluding tert-OH is 1. The second-order valence-electron chi connectivity index (χ2n) is 6.18. The number of hydrogen-bond donors (Lipinski definition) is 1. The van der Waals surface area contributed by atoms with Crippen molar-refractivity contribution in [2.24, 2.45) is 0 Å². The summed E-state index contributed by atoms with van der Waals surface area (Å²) in [6.45, 7) is 15.1. The lowest BCUT2D eigenvalue weighted by molar-refractivity contribution is 0.399. The molecular weight excluding hydrogens is 312 g/mol. The zero-order valence-electron chi connectivity index (χ0n) is 18.3. The Morgan fingerprint density at radius 1 is 1.08 bits per heavy atom. The van der Waals surface area contributed by atoms with Gasteiger partial charge in [-0.3, -0.25) is 0 Å². The molecule has 0 aliphatic heterocycles. The van der Waals surface area contributed by atoms with Crippen molar-refractivity contribution in [1.29, 1.82) is 0 Å². The fourth-order valence-electron chi connectivity index (χ4n) is 2.64. The van der Waals surface area contributed by atoms with Crippen LogP contribution in [0.25, 0.3) is 0 Å². The lowest BCUT2D eigenvalue weighted by Gasteiger charge is -2.37. The fraction of sp³-hybridized carbons (Fsp3) is 0.800. The summed E-state index contributed by atoms with van der Waals surface area (Å²) in [5, 5.41) is 7.00. The van der Waals surface area contributed by atoms with E-state index in [0.717, 1.165) is 30.9 Å². The van der Waals surface area contributed by atoms with E-state index >= 15 is 0 Å². The first-order chi connectivity index (χ1) is 11.9. The first kappa shape index (κ1) is 25.9. The second kappa shape index (κ2) is 14.9. The molecule has 2 unspecified atom stereocenters. The Labute approximate surface area is 156 Å². The molecule has 0 aliphatic carbocycles. The van der Waals surface area contributed by atoms with Gasteiger partial charge in [-0.1, -0.05) is 40.5 Å². The summed E-state index contributed by atoms with van der Waals surface area (Å²) in [4.78, 5) is 13.7. The van der Waals surface area contributed by atoms with Gasteiger partial charge in [-0.15, -0.1) is 0 Å². The van der Waals surface area contributed by atoms with Gasteiger partial charge < -0.3 is 14.9 Å². The summed E-state index contributed by atoms with van der Waals surface area (Å²) < 4.78 is 0. The highest BCUT2D eigenvalue weighted by atomic mass is 16.2. The molecule has 25 heavy (non-hydrogen) atoms. The standard InChI is InChI=1S/C17H32N4.C2H6.CH4O/c1-8-10-11-14(4)21(13(3)9-2)17-16(20(6)7)12-18-15(5)19-17;2*1-2/h12-14H,8-11H2,1-7H3;1-2H3;2H,1H3. The van der Waals surface area contributed by atoms with Crippen LogP contribution >= 0.6 is 0 Å². The van der Waals surface area contributed by atoms with Crippen LogP contribution in [0.4, 0.5) is 11.5 Å². The normalized spacial score (nSPS) is 12.1. The van der Waals surface area contributed by atoms with Crippen LogP contribution in [0.3, 0.4) is 0 Å². The first-order valence-electron chi connectivity index (χ1n) is 9.66. The highest BCUT2D eigenvalue weighted by molar-refractivity contribution is 5.66. The molecule has 0 bridgehead atoms. The van der Waals surface area contributed by atoms with Crippen LogP contribution in [0.1, 0.15) is 73.1 Å². The maximum Gasteiger partial charge on any atom is 0.156 e. The number of aliphatic hydroxyl groups is 1. The third kappa shape index (κ3) is 8.52. The van der Waals surface area contributed by atoms with Gasteiger partial charge in [0, 0.05) is 33.3 Å². The van der Waals surface area contributed by atoms with E-state index in [9.17, 15) is 0 Å². The summed E-state index contributed by atoms with van der Waals surface area (Å²) in [6, 6.07) is 0.970. The number of unbranched alkanes of at least 4 members (excludes halogenated alkanes) is 1. The van der Waals surface area contributed by atoms with Gasteiger partial charge in [-0.05, 0) is 33.6 Å². The molecule has 0 fully saturated rings. The molecular formula is C20H42N4O. The molecule has 0 spiro atoms. The zero-order valence-corrected chi connectivity index (χ0v) is 18.3. The van der Waals surface area contributed by atoms with Crippen LogP contribution in [-0.4, -0.2) is 48.4 Å². The monoisotopic (exact) mass is 354 g/mol. The summed E-state index contributed by atoms with van der Waals surface area (Å²) in [5.74, 6) is 1.91. The maximum atomic E-state index is 7.00. The lowest BCUT2D eigenvalue weighted by atomic mass is 10.1. The van der Waals surface area contributed by atoms with E-state index in [-0.39, 0.29) is 0 Å². The Morgan fingerprint density at radius 3 is 2.08 bits per heavy atom. The molecule has 0 radical (unpaired) electrons. The molecule has 5 heteroatoms. The first-order valence-corrected chi connectivity index (χ1v) is 9.66. The molecule has 1 N–H and O–H groups in total. The van der Waals surface area contributed by atoms with Gasteiger partial charge in [0.15, 0.2) is 5.82 Å². The van der Waals surface area contributed by atoms with Crippen molar-refractivity contribution >= 4 is 11.5 Å². The van der Waals surface area contributed by atoms with Gasteiger partial charge in [0.05, 0.1) is 11.9 Å². The molecule has 5 nitrogen and oxygen atoms in total. The molecule has 0 amide bonds. The Hall–Kier alpha value is -1.36. The second-order valence-corrected chi connectivity index (χ2v) is 6.18. The highest BCUT2D eigenvalue weighted by Gasteiger charge is 2.24. The predicted molar refractivity (Wildman–Crippen MR) is 112 cm³/mol. The van der Waals surface area contributed by atoms with E-state index in [1.54, 1.807) is 0 Å². The van der Waals surface area contributed by atoms with Crippen molar-refractivity contribution in [3.8, 4) is 0 Å². The van der Waals surface area contributed by atoms with Crippen molar-refractivity contribution in [2.45, 2.75) is 86.2 Å². The number of aromatic nitrogens is 2. The predicted octanol–water partition coefficient (Wildman–Crippen LogP) is 4.67. The van der Waals surface area contributed by atoms with Crippen LogP contribution in [0.15, 0.2) is 6.20 Å². The largest absolute Gasteiger partial charge is 0.400 e. The van der Waals surface area contributed by atoms with Crippen LogP contribution in [0.5, 0.6) is 0 Å². The average Bonchev–Trinajstić information content (AvgIpc) is 2.63. The van der Waals surface area contributed by atoms with Crippen LogP contribution in [0.2, 0.25) is 0 Å². The Bertz CT molecular complexity index is 438. The molecule has 1 rings (SSSR count). The third-order valence-corrected chi connectivity index (χ3v) is 4.11. The maximum absolute atomic E-state index is 7.00. The smallest absolute Gasteiger partial charge is 0.156 e. The van der Waals surface area contributed by atoms with Gasteiger partial charge in [-0.25, -0.2) is 9.97 Å². The number of rotatable bonds is 8. The van der Waals surface area contributed by atoms with Crippen molar-refractivity contribution < 1.29 is 5.11 Å². The van der Waals surface area contributed by atoms with E-state index in [0.29, 0.717) is 12.1 Å². The number of aryl methyl sites for hydroxylation is 1. The van der Waals surface area contributed by atoms with Crippen LogP contribution < -0.4 is 9.80 Å². The molecule has 0 saturated carbocycles. The molecule has 2 atom stereocenters. The third-order valence-electron chi connectivity index (χ3n) is 4.11. The summed E-state index contributed by atoms with van der Waals surface area (Å²) in [5.41, 5.74) is 1.10. The van der Waals surface area contributed by atoms with E-state index < -0.39 is 0 Å². The number of nitrogens with zero attached hydrogens (tertiary/aromatic N) is 4. The highest BCUT2D eigenvalue weighted by Crippen LogP contribution is 2.30. The van der Waals surface area contributed by atoms with E-state index in [1.165, 1.54) is 19.3 Å². The van der Waals surface area contributed by atoms with E-state index in [4.69, 9.17) is 10.1 Å². The molecule has 1 heterocycles. The minimum Gasteiger partial charge on any atom is -0.400 e. The Kier molecular flexibility index (Phi) is 15.5. The number of hydrogen-bond acceptors (Lipinski definition) is 5. The van der Waals surface area contributed by atoms with Gasteiger partial charge in [0.1, 0.15) is 5.82 Å². The SMILES string of the molecule is CC.CCCCC(C)N(c1nc(C)ncc1N(C)C)C(C)CC.CO.